The highest BCUT2D eigenvalue weighted by atomic mass is 16.2. The van der Waals surface area contributed by atoms with E-state index in [-0.39, 0.29) is 22.3 Å². The van der Waals surface area contributed by atoms with Gasteiger partial charge in [0.25, 0.3) is 5.91 Å². The summed E-state index contributed by atoms with van der Waals surface area (Å²) < 4.78 is 0. The molecule has 0 aromatic carbocycles. The number of pyridine rings is 1. The number of H-pyrrole nitrogens is 1. The first-order valence-electron chi connectivity index (χ1n) is 5.50. The molecule has 0 aliphatic rings. The van der Waals surface area contributed by atoms with Crippen LogP contribution in [0.4, 0.5) is 0 Å². The van der Waals surface area contributed by atoms with E-state index < -0.39 is 0 Å². The van der Waals surface area contributed by atoms with Crippen molar-refractivity contribution >= 4 is 5.91 Å². The first kappa shape index (κ1) is 13.4. The Labute approximate surface area is 101 Å². The molecule has 0 fully saturated rings. The van der Waals surface area contributed by atoms with Gasteiger partial charge in [-0.05, 0) is 12.0 Å². The standard InChI is InChI=1S/C12H19N3O2/c1-12(2,7-13)8-15(3)11(17)9-6-14-5-4-10(9)16/h4-6H,7-8,13H2,1-3H3,(H,14,16). The normalized spacial score (nSPS) is 11.3. The summed E-state index contributed by atoms with van der Waals surface area (Å²) in [5.74, 6) is -0.284. The van der Waals surface area contributed by atoms with E-state index in [1.807, 2.05) is 13.8 Å². The van der Waals surface area contributed by atoms with Crippen LogP contribution in [0.2, 0.25) is 0 Å². The molecular weight excluding hydrogens is 218 g/mol. The molecule has 17 heavy (non-hydrogen) atoms. The Morgan fingerprint density at radius 1 is 1.53 bits per heavy atom. The van der Waals surface area contributed by atoms with E-state index in [0.717, 1.165) is 0 Å². The molecule has 0 saturated carbocycles. The van der Waals surface area contributed by atoms with Gasteiger partial charge in [-0.3, -0.25) is 9.59 Å². The van der Waals surface area contributed by atoms with E-state index >= 15 is 0 Å². The lowest BCUT2D eigenvalue weighted by molar-refractivity contribution is 0.0739. The van der Waals surface area contributed by atoms with E-state index in [1.165, 1.54) is 23.4 Å². The van der Waals surface area contributed by atoms with Crippen LogP contribution in [0.25, 0.3) is 0 Å². The average Bonchev–Trinajstić information content (AvgIpc) is 2.28. The molecule has 0 spiro atoms. The fourth-order valence-electron chi connectivity index (χ4n) is 1.57. The van der Waals surface area contributed by atoms with Crippen LogP contribution in [0.1, 0.15) is 24.2 Å². The topological polar surface area (TPSA) is 79.2 Å². The van der Waals surface area contributed by atoms with Crippen molar-refractivity contribution < 1.29 is 4.79 Å². The Kier molecular flexibility index (Phi) is 4.07. The Morgan fingerprint density at radius 2 is 2.18 bits per heavy atom. The van der Waals surface area contributed by atoms with Gasteiger partial charge in [-0.15, -0.1) is 0 Å². The lowest BCUT2D eigenvalue weighted by Crippen LogP contribution is -2.41. The van der Waals surface area contributed by atoms with Crippen LogP contribution in [-0.4, -0.2) is 35.9 Å². The van der Waals surface area contributed by atoms with Gasteiger partial charge in [-0.1, -0.05) is 13.8 Å². The van der Waals surface area contributed by atoms with Crippen LogP contribution in [-0.2, 0) is 0 Å². The molecule has 3 N–H and O–H groups in total. The van der Waals surface area contributed by atoms with Crippen LogP contribution >= 0.6 is 0 Å². The molecule has 5 heteroatoms. The fourth-order valence-corrected chi connectivity index (χ4v) is 1.57. The molecular formula is C12H19N3O2. The second-order valence-corrected chi connectivity index (χ2v) is 4.95. The highest BCUT2D eigenvalue weighted by molar-refractivity contribution is 5.93. The molecule has 1 rings (SSSR count). The predicted octanol–water partition coefficient (Wildman–Crippen LogP) is 0.432. The minimum atomic E-state index is -0.284. The molecule has 5 nitrogen and oxygen atoms in total. The number of hydrogen-bond donors (Lipinski definition) is 2. The van der Waals surface area contributed by atoms with Crippen molar-refractivity contribution in [2.45, 2.75) is 13.8 Å². The molecule has 0 aliphatic carbocycles. The van der Waals surface area contributed by atoms with E-state index in [2.05, 4.69) is 4.98 Å². The van der Waals surface area contributed by atoms with Gasteiger partial charge in [0.05, 0.1) is 0 Å². The summed E-state index contributed by atoms with van der Waals surface area (Å²) in [5.41, 5.74) is 5.34. The number of nitrogens with one attached hydrogen (secondary N) is 1. The lowest BCUT2D eigenvalue weighted by atomic mass is 9.93. The van der Waals surface area contributed by atoms with Gasteiger partial charge in [0.1, 0.15) is 5.56 Å². The predicted molar refractivity (Wildman–Crippen MR) is 66.9 cm³/mol. The quantitative estimate of drug-likeness (QED) is 0.797. The van der Waals surface area contributed by atoms with Crippen LogP contribution in [0.3, 0.4) is 0 Å². The lowest BCUT2D eigenvalue weighted by Gasteiger charge is -2.28. The number of hydrogen-bond acceptors (Lipinski definition) is 3. The zero-order valence-corrected chi connectivity index (χ0v) is 10.5. The second kappa shape index (κ2) is 5.14. The van der Waals surface area contributed by atoms with E-state index in [0.29, 0.717) is 13.1 Å². The molecule has 0 bridgehead atoms. The van der Waals surface area contributed by atoms with Crippen LogP contribution in [0.15, 0.2) is 23.3 Å². The first-order chi connectivity index (χ1) is 7.87. The Hall–Kier alpha value is -1.62. The largest absolute Gasteiger partial charge is 0.367 e. The fraction of sp³-hybridized carbons (Fsp3) is 0.500. The van der Waals surface area contributed by atoms with Gasteiger partial charge < -0.3 is 15.6 Å². The van der Waals surface area contributed by atoms with Crippen molar-refractivity contribution in [2.75, 3.05) is 20.1 Å². The number of amides is 1. The van der Waals surface area contributed by atoms with Gasteiger partial charge >= 0.3 is 0 Å². The summed E-state index contributed by atoms with van der Waals surface area (Å²) in [6, 6.07) is 1.34. The van der Waals surface area contributed by atoms with Crippen molar-refractivity contribution in [1.82, 2.24) is 9.88 Å². The molecule has 1 aromatic heterocycles. The van der Waals surface area contributed by atoms with Crippen LogP contribution < -0.4 is 11.2 Å². The SMILES string of the molecule is CN(CC(C)(C)CN)C(=O)c1c[nH]ccc1=O. The van der Waals surface area contributed by atoms with Crippen molar-refractivity contribution in [3.8, 4) is 0 Å². The monoisotopic (exact) mass is 237 g/mol. The van der Waals surface area contributed by atoms with Crippen molar-refractivity contribution in [3.63, 3.8) is 0 Å². The van der Waals surface area contributed by atoms with Crippen molar-refractivity contribution in [1.29, 1.82) is 0 Å². The number of carbonyl (C=O) groups excluding carboxylic acids is 1. The minimum Gasteiger partial charge on any atom is -0.367 e. The van der Waals surface area contributed by atoms with Crippen molar-refractivity contribution in [3.05, 3.63) is 34.2 Å². The van der Waals surface area contributed by atoms with E-state index in [9.17, 15) is 9.59 Å². The molecule has 0 aliphatic heterocycles. The summed E-state index contributed by atoms with van der Waals surface area (Å²) in [6.45, 7) is 4.95. The zero-order chi connectivity index (χ0) is 13.1. The molecule has 1 amide bonds. The second-order valence-electron chi connectivity index (χ2n) is 4.95. The Balaban J connectivity index is 2.85. The number of nitrogens with two attached hydrogens (primary N) is 1. The molecule has 0 radical (unpaired) electrons. The summed E-state index contributed by atoms with van der Waals surface area (Å²) in [4.78, 5) is 27.8. The molecule has 94 valence electrons. The van der Waals surface area contributed by atoms with Crippen molar-refractivity contribution in [2.24, 2.45) is 11.1 Å². The smallest absolute Gasteiger partial charge is 0.259 e. The molecule has 0 atom stereocenters. The number of aromatic nitrogens is 1. The van der Waals surface area contributed by atoms with Gasteiger partial charge in [-0.2, -0.15) is 0 Å². The maximum absolute atomic E-state index is 12.0. The summed E-state index contributed by atoms with van der Waals surface area (Å²) >= 11 is 0. The number of carbonyl (C=O) groups is 1. The van der Waals surface area contributed by atoms with E-state index in [4.69, 9.17) is 5.73 Å². The third-order valence-electron chi connectivity index (χ3n) is 2.62. The Morgan fingerprint density at radius 3 is 2.71 bits per heavy atom. The highest BCUT2D eigenvalue weighted by Crippen LogP contribution is 2.14. The molecule has 1 aromatic rings. The number of aromatic amines is 1. The van der Waals surface area contributed by atoms with Crippen LogP contribution in [0.5, 0.6) is 0 Å². The summed E-state index contributed by atoms with van der Waals surface area (Å²) in [6.07, 6.45) is 2.93. The maximum atomic E-state index is 12.0. The maximum Gasteiger partial charge on any atom is 0.259 e. The third-order valence-corrected chi connectivity index (χ3v) is 2.62. The Bertz CT molecular complexity index is 451. The van der Waals surface area contributed by atoms with Gasteiger partial charge in [0, 0.05) is 32.1 Å². The summed E-state index contributed by atoms with van der Waals surface area (Å²) in [7, 11) is 1.67. The van der Waals surface area contributed by atoms with Gasteiger partial charge in [-0.25, -0.2) is 0 Å². The molecule has 0 saturated heterocycles. The minimum absolute atomic E-state index is 0.155. The van der Waals surface area contributed by atoms with E-state index in [1.54, 1.807) is 7.05 Å². The third kappa shape index (κ3) is 3.42. The highest BCUT2D eigenvalue weighted by Gasteiger charge is 2.22. The number of nitrogens with zero attached hydrogens (tertiary/aromatic N) is 1. The summed E-state index contributed by atoms with van der Waals surface area (Å²) in [5, 5.41) is 0. The molecule has 1 heterocycles. The van der Waals surface area contributed by atoms with Gasteiger partial charge in [0.2, 0.25) is 0 Å². The van der Waals surface area contributed by atoms with Gasteiger partial charge in [0.15, 0.2) is 5.43 Å². The first-order valence-corrected chi connectivity index (χ1v) is 5.50. The van der Waals surface area contributed by atoms with Crippen LogP contribution in [0, 0.1) is 5.41 Å². The zero-order valence-electron chi connectivity index (χ0n) is 10.5. The average molecular weight is 237 g/mol. The molecule has 0 unspecified atom stereocenters. The number of rotatable bonds is 4.